The summed E-state index contributed by atoms with van der Waals surface area (Å²) in [5.74, 6) is -1.62. The molecule has 7 heteroatoms. The zero-order valence-electron chi connectivity index (χ0n) is 20.3. The lowest BCUT2D eigenvalue weighted by atomic mass is 9.95. The van der Waals surface area contributed by atoms with Crippen molar-refractivity contribution < 1.29 is 23.8 Å². The Balaban J connectivity index is 2.07. The van der Waals surface area contributed by atoms with E-state index in [4.69, 9.17) is 4.74 Å². The lowest BCUT2D eigenvalue weighted by Gasteiger charge is -2.28. The number of carbonyl (C=O) groups is 2. The number of Topliss-reactive ketones (excluding diaryl/α,β-unsaturated/α-hetero) is 1. The summed E-state index contributed by atoms with van der Waals surface area (Å²) in [6.07, 6.45) is 0.875. The van der Waals surface area contributed by atoms with Gasteiger partial charge in [0.25, 0.3) is 11.7 Å². The summed E-state index contributed by atoms with van der Waals surface area (Å²) in [7, 11) is 0. The fourth-order valence-corrected chi connectivity index (χ4v) is 4.11. The van der Waals surface area contributed by atoms with Gasteiger partial charge in [-0.2, -0.15) is 0 Å². The first-order chi connectivity index (χ1) is 16.3. The predicted octanol–water partition coefficient (Wildman–Crippen LogP) is 4.69. The number of hydrogen-bond donors (Lipinski definition) is 1. The van der Waals surface area contributed by atoms with Crippen molar-refractivity contribution >= 4 is 17.4 Å². The Morgan fingerprint density at radius 2 is 1.76 bits per heavy atom. The van der Waals surface area contributed by atoms with Gasteiger partial charge >= 0.3 is 0 Å². The van der Waals surface area contributed by atoms with Crippen LogP contribution in [0.4, 0.5) is 4.39 Å². The van der Waals surface area contributed by atoms with Gasteiger partial charge in [-0.3, -0.25) is 9.59 Å². The number of carbonyl (C=O) groups excluding carboxylic acids is 2. The highest BCUT2D eigenvalue weighted by Crippen LogP contribution is 2.39. The van der Waals surface area contributed by atoms with Crippen molar-refractivity contribution in [1.29, 1.82) is 0 Å². The first-order valence-electron chi connectivity index (χ1n) is 11.8. The molecule has 1 saturated heterocycles. The monoisotopic (exact) mass is 468 g/mol. The molecule has 0 aliphatic carbocycles. The maximum Gasteiger partial charge on any atom is 0.295 e. The fraction of sp³-hybridized carbons (Fsp3) is 0.407. The zero-order valence-corrected chi connectivity index (χ0v) is 20.3. The maximum atomic E-state index is 14.2. The van der Waals surface area contributed by atoms with Gasteiger partial charge in [0.15, 0.2) is 0 Å². The Morgan fingerprint density at radius 3 is 2.35 bits per heavy atom. The summed E-state index contributed by atoms with van der Waals surface area (Å²) in [5, 5.41) is 11.1. The molecular weight excluding hydrogens is 435 g/mol. The van der Waals surface area contributed by atoms with Crippen molar-refractivity contribution in [1.82, 2.24) is 9.80 Å². The number of ketones is 1. The Labute approximate surface area is 200 Å². The highest BCUT2D eigenvalue weighted by molar-refractivity contribution is 6.46. The van der Waals surface area contributed by atoms with Crippen LogP contribution in [0.3, 0.4) is 0 Å². The van der Waals surface area contributed by atoms with Gasteiger partial charge in [-0.1, -0.05) is 45.0 Å². The van der Waals surface area contributed by atoms with Crippen LogP contribution < -0.4 is 4.74 Å². The van der Waals surface area contributed by atoms with Gasteiger partial charge in [0, 0.05) is 18.7 Å². The van der Waals surface area contributed by atoms with E-state index in [9.17, 15) is 19.1 Å². The topological polar surface area (TPSA) is 70.1 Å². The number of likely N-dealkylation sites (tertiary alicyclic amines) is 1. The number of halogens is 1. The molecule has 1 aliphatic heterocycles. The first kappa shape index (κ1) is 25.4. The first-order valence-corrected chi connectivity index (χ1v) is 11.8. The van der Waals surface area contributed by atoms with Crippen LogP contribution in [0.15, 0.2) is 48.0 Å². The Morgan fingerprint density at radius 1 is 1.09 bits per heavy atom. The molecule has 0 spiro atoms. The minimum absolute atomic E-state index is 0.0324. The van der Waals surface area contributed by atoms with Gasteiger partial charge in [0.1, 0.15) is 17.3 Å². The second-order valence-electron chi connectivity index (χ2n) is 8.40. The van der Waals surface area contributed by atoms with E-state index in [0.29, 0.717) is 36.6 Å². The summed E-state index contributed by atoms with van der Waals surface area (Å²) in [5.41, 5.74) is 1.24. The van der Waals surface area contributed by atoms with Crippen molar-refractivity contribution in [2.45, 2.75) is 40.2 Å². The van der Waals surface area contributed by atoms with E-state index < -0.39 is 23.5 Å². The van der Waals surface area contributed by atoms with E-state index in [1.165, 1.54) is 17.0 Å². The predicted molar refractivity (Wildman–Crippen MR) is 130 cm³/mol. The SMILES string of the molecule is CCCOc1ccc(C2/C(=C(\O)c3ccc(C)c(F)c3)C(=O)C(=O)N2CCN(CC)CC)cc1. The van der Waals surface area contributed by atoms with E-state index in [1.807, 2.05) is 20.8 Å². The molecule has 2 aromatic carbocycles. The molecule has 0 bridgehead atoms. The molecule has 0 radical (unpaired) electrons. The lowest BCUT2D eigenvalue weighted by Crippen LogP contribution is -2.38. The molecule has 1 heterocycles. The molecule has 0 saturated carbocycles. The van der Waals surface area contributed by atoms with E-state index in [0.717, 1.165) is 19.5 Å². The number of aryl methyl sites for hydroxylation is 1. The smallest absolute Gasteiger partial charge is 0.295 e. The van der Waals surface area contributed by atoms with Crippen LogP contribution in [0.25, 0.3) is 5.76 Å². The van der Waals surface area contributed by atoms with Crippen molar-refractivity contribution in [3.05, 3.63) is 70.5 Å². The fourth-order valence-electron chi connectivity index (χ4n) is 4.11. The van der Waals surface area contributed by atoms with E-state index >= 15 is 0 Å². The number of aliphatic hydroxyl groups excluding tert-OH is 1. The summed E-state index contributed by atoms with van der Waals surface area (Å²) >= 11 is 0. The summed E-state index contributed by atoms with van der Waals surface area (Å²) in [6, 6.07) is 10.7. The van der Waals surface area contributed by atoms with Gasteiger partial charge < -0.3 is 19.6 Å². The number of hydrogen-bond acceptors (Lipinski definition) is 5. The molecule has 182 valence electrons. The van der Waals surface area contributed by atoms with Crippen LogP contribution >= 0.6 is 0 Å². The highest BCUT2D eigenvalue weighted by atomic mass is 19.1. The molecule has 1 unspecified atom stereocenters. The van der Waals surface area contributed by atoms with Crippen LogP contribution in [0.1, 0.15) is 49.9 Å². The summed E-state index contributed by atoms with van der Waals surface area (Å²) in [4.78, 5) is 29.8. The number of rotatable bonds is 10. The molecule has 1 amide bonds. The average molecular weight is 469 g/mol. The molecule has 34 heavy (non-hydrogen) atoms. The molecule has 1 N–H and O–H groups in total. The van der Waals surface area contributed by atoms with Crippen molar-refractivity contribution in [2.24, 2.45) is 0 Å². The lowest BCUT2D eigenvalue weighted by molar-refractivity contribution is -0.140. The quantitative estimate of drug-likeness (QED) is 0.311. The molecule has 2 aromatic rings. The van der Waals surface area contributed by atoms with E-state index in [1.54, 1.807) is 37.3 Å². The molecule has 3 rings (SSSR count). The molecule has 1 fully saturated rings. The van der Waals surface area contributed by atoms with Crippen molar-refractivity contribution in [2.75, 3.05) is 32.8 Å². The van der Waals surface area contributed by atoms with Gasteiger partial charge in [0.2, 0.25) is 0 Å². The minimum atomic E-state index is -0.778. The van der Waals surface area contributed by atoms with Gasteiger partial charge in [0.05, 0.1) is 18.2 Å². The van der Waals surface area contributed by atoms with Gasteiger partial charge in [-0.05, 0) is 55.8 Å². The van der Waals surface area contributed by atoms with Crippen molar-refractivity contribution in [3.63, 3.8) is 0 Å². The standard InChI is InChI=1S/C27H33FN2O4/c1-5-16-34-21-12-10-19(11-13-21)24-23(25(31)20-9-8-18(4)22(28)17-20)26(32)27(33)30(24)15-14-29(6-2)7-3/h8-13,17,24,31H,5-7,14-16H2,1-4H3/b25-23+. The number of nitrogens with zero attached hydrogens (tertiary/aromatic N) is 2. The summed E-state index contributed by atoms with van der Waals surface area (Å²) < 4.78 is 19.9. The van der Waals surface area contributed by atoms with E-state index in [2.05, 4.69) is 4.90 Å². The number of likely N-dealkylation sites (N-methyl/N-ethyl adjacent to an activating group) is 1. The number of ether oxygens (including phenoxy) is 1. The third-order valence-corrected chi connectivity index (χ3v) is 6.21. The Bertz CT molecular complexity index is 1060. The second-order valence-corrected chi connectivity index (χ2v) is 8.40. The van der Waals surface area contributed by atoms with Crippen LogP contribution in [-0.2, 0) is 9.59 Å². The van der Waals surface area contributed by atoms with Gasteiger partial charge in [-0.25, -0.2) is 4.39 Å². The number of benzene rings is 2. The minimum Gasteiger partial charge on any atom is -0.507 e. The molecule has 0 aromatic heterocycles. The zero-order chi connectivity index (χ0) is 24.8. The highest BCUT2D eigenvalue weighted by Gasteiger charge is 2.46. The van der Waals surface area contributed by atoms with Crippen LogP contribution in [0.2, 0.25) is 0 Å². The Hall–Kier alpha value is -3.19. The number of amides is 1. The maximum absolute atomic E-state index is 14.2. The van der Waals surface area contributed by atoms with Crippen LogP contribution in [-0.4, -0.2) is 59.4 Å². The molecule has 1 aliphatic rings. The van der Waals surface area contributed by atoms with E-state index in [-0.39, 0.29) is 16.9 Å². The summed E-state index contributed by atoms with van der Waals surface area (Å²) in [6.45, 7) is 10.8. The van der Waals surface area contributed by atoms with Gasteiger partial charge in [-0.15, -0.1) is 0 Å². The second kappa shape index (κ2) is 11.3. The average Bonchev–Trinajstić information content (AvgIpc) is 3.10. The molecule has 6 nitrogen and oxygen atoms in total. The Kier molecular flexibility index (Phi) is 8.45. The normalized spacial score (nSPS) is 17.6. The largest absolute Gasteiger partial charge is 0.507 e. The third kappa shape index (κ3) is 5.30. The third-order valence-electron chi connectivity index (χ3n) is 6.21. The molecule has 1 atom stereocenters. The van der Waals surface area contributed by atoms with Crippen LogP contribution in [0.5, 0.6) is 5.75 Å². The number of aliphatic hydroxyl groups is 1. The van der Waals surface area contributed by atoms with Crippen LogP contribution in [0, 0.1) is 12.7 Å². The van der Waals surface area contributed by atoms with Crippen molar-refractivity contribution in [3.8, 4) is 5.75 Å². The molecular formula is C27H33FN2O4.